The number of amides is 1. The van der Waals surface area contributed by atoms with Crippen LogP contribution < -0.4 is 10.1 Å². The van der Waals surface area contributed by atoms with E-state index < -0.39 is 0 Å². The normalized spacial score (nSPS) is 14.3. The second-order valence-corrected chi connectivity index (χ2v) is 10.4. The zero-order valence-electron chi connectivity index (χ0n) is 18.2. The van der Waals surface area contributed by atoms with Crippen LogP contribution in [-0.2, 0) is 4.79 Å². The number of halogens is 1. The van der Waals surface area contributed by atoms with Crippen LogP contribution in [0.5, 0.6) is 5.75 Å². The van der Waals surface area contributed by atoms with Crippen LogP contribution >= 0.6 is 27.3 Å². The summed E-state index contributed by atoms with van der Waals surface area (Å²) in [6.45, 7) is -0.0435. The Bertz CT molecular complexity index is 1230. The molecule has 1 heterocycles. The van der Waals surface area contributed by atoms with E-state index in [0.717, 1.165) is 30.9 Å². The molecule has 168 valence electrons. The molecule has 1 saturated carbocycles. The summed E-state index contributed by atoms with van der Waals surface area (Å²) in [4.78, 5) is 17.4. The lowest BCUT2D eigenvalue weighted by atomic mass is 9.84. The quantitative estimate of drug-likeness (QED) is 0.282. The summed E-state index contributed by atoms with van der Waals surface area (Å²) in [5, 5.41) is 3.86. The van der Waals surface area contributed by atoms with Gasteiger partial charge in [-0.3, -0.25) is 4.79 Å². The Morgan fingerprint density at radius 2 is 1.82 bits per heavy atom. The minimum atomic E-state index is -0.198. The molecule has 1 N–H and O–H groups in total. The molecular formula is C27H25BrN2O2S. The van der Waals surface area contributed by atoms with Gasteiger partial charge in [-0.1, -0.05) is 59.5 Å². The number of fused-ring (bicyclic) bond motifs is 1. The molecule has 1 aliphatic carbocycles. The van der Waals surface area contributed by atoms with Crippen molar-refractivity contribution in [2.45, 2.75) is 38.0 Å². The van der Waals surface area contributed by atoms with Crippen LogP contribution in [0.4, 0.5) is 5.69 Å². The molecule has 1 aromatic heterocycles. The van der Waals surface area contributed by atoms with E-state index in [0.29, 0.717) is 11.7 Å². The number of carbonyl (C=O) groups is 1. The van der Waals surface area contributed by atoms with Gasteiger partial charge in [-0.25, -0.2) is 4.98 Å². The Hall–Kier alpha value is -2.70. The molecule has 0 radical (unpaired) electrons. The van der Waals surface area contributed by atoms with Crippen LogP contribution in [0.1, 0.15) is 43.6 Å². The van der Waals surface area contributed by atoms with Crippen molar-refractivity contribution in [1.82, 2.24) is 4.98 Å². The fourth-order valence-electron chi connectivity index (χ4n) is 4.40. The number of thiazole rings is 1. The number of benzene rings is 3. The number of rotatable bonds is 6. The maximum atomic E-state index is 12.7. The van der Waals surface area contributed by atoms with Crippen LogP contribution in [0.2, 0.25) is 0 Å². The first-order valence-electron chi connectivity index (χ1n) is 11.3. The maximum Gasteiger partial charge on any atom is 0.262 e. The summed E-state index contributed by atoms with van der Waals surface area (Å²) in [6.07, 6.45) is 6.53. The lowest BCUT2D eigenvalue weighted by Gasteiger charge is -2.22. The molecule has 0 atom stereocenters. The number of hydrogen-bond acceptors (Lipinski definition) is 4. The van der Waals surface area contributed by atoms with Crippen LogP contribution in [0.25, 0.3) is 20.8 Å². The van der Waals surface area contributed by atoms with Gasteiger partial charge < -0.3 is 10.1 Å². The van der Waals surface area contributed by atoms with Crippen molar-refractivity contribution < 1.29 is 9.53 Å². The lowest BCUT2D eigenvalue weighted by Crippen LogP contribution is -2.20. The summed E-state index contributed by atoms with van der Waals surface area (Å²) in [5.74, 6) is 1.18. The lowest BCUT2D eigenvalue weighted by molar-refractivity contribution is -0.118. The van der Waals surface area contributed by atoms with E-state index in [1.165, 1.54) is 37.7 Å². The van der Waals surface area contributed by atoms with Gasteiger partial charge in [0.1, 0.15) is 10.8 Å². The van der Waals surface area contributed by atoms with Crippen LogP contribution in [0.15, 0.2) is 71.2 Å². The first-order chi connectivity index (χ1) is 16.2. The number of ether oxygens (including phenoxy) is 1. The summed E-state index contributed by atoms with van der Waals surface area (Å²) in [7, 11) is 0. The topological polar surface area (TPSA) is 51.2 Å². The van der Waals surface area contributed by atoms with Crippen LogP contribution in [0, 0.1) is 0 Å². The largest absolute Gasteiger partial charge is 0.484 e. The van der Waals surface area contributed by atoms with Gasteiger partial charge in [0.25, 0.3) is 5.91 Å². The molecule has 0 spiro atoms. The van der Waals surface area contributed by atoms with Crippen molar-refractivity contribution in [2.24, 2.45) is 0 Å². The molecule has 1 fully saturated rings. The van der Waals surface area contributed by atoms with Crippen molar-refractivity contribution in [3.63, 3.8) is 0 Å². The number of nitrogens with zero attached hydrogens (tertiary/aromatic N) is 1. The predicted molar refractivity (Wildman–Crippen MR) is 139 cm³/mol. The maximum absolute atomic E-state index is 12.7. The van der Waals surface area contributed by atoms with E-state index in [2.05, 4.69) is 39.4 Å². The van der Waals surface area contributed by atoms with Gasteiger partial charge in [0.05, 0.1) is 15.9 Å². The highest BCUT2D eigenvalue weighted by Crippen LogP contribution is 2.36. The number of hydrogen-bond donors (Lipinski definition) is 1. The monoisotopic (exact) mass is 520 g/mol. The molecule has 6 heteroatoms. The smallest absolute Gasteiger partial charge is 0.262 e. The number of carbonyl (C=O) groups excluding carboxylic acids is 1. The molecule has 5 rings (SSSR count). The fourth-order valence-corrected chi connectivity index (χ4v) is 5.75. The van der Waals surface area contributed by atoms with Crippen molar-refractivity contribution in [1.29, 1.82) is 0 Å². The van der Waals surface area contributed by atoms with Gasteiger partial charge in [-0.05, 0) is 66.8 Å². The predicted octanol–water partition coefficient (Wildman–Crippen LogP) is 7.79. The first kappa shape index (κ1) is 22.1. The molecule has 1 aliphatic rings. The standard InChI is InChI=1S/C27H25BrN2O2S/c28-20-12-15-23(22(16-20)27-30-24-8-4-5-9-25(24)33-27)29-26(31)17-32-21-13-10-19(11-14-21)18-6-2-1-3-7-18/h4-5,8-16,18H,1-3,6-7,17H2,(H,29,31). The summed E-state index contributed by atoms with van der Waals surface area (Å²) < 4.78 is 7.82. The molecule has 4 nitrogen and oxygen atoms in total. The molecule has 3 aromatic carbocycles. The van der Waals surface area contributed by atoms with Crippen molar-refractivity contribution >= 4 is 49.1 Å². The Morgan fingerprint density at radius 3 is 2.61 bits per heavy atom. The summed E-state index contributed by atoms with van der Waals surface area (Å²) >= 11 is 5.15. The van der Waals surface area contributed by atoms with Crippen LogP contribution in [0.3, 0.4) is 0 Å². The number of anilines is 1. The minimum Gasteiger partial charge on any atom is -0.484 e. The molecule has 0 saturated heterocycles. The average Bonchev–Trinajstić information content (AvgIpc) is 3.29. The Morgan fingerprint density at radius 1 is 1.03 bits per heavy atom. The summed E-state index contributed by atoms with van der Waals surface area (Å²) in [5.41, 5.74) is 3.94. The van der Waals surface area contributed by atoms with Crippen molar-refractivity contribution in [2.75, 3.05) is 11.9 Å². The Kier molecular flexibility index (Phi) is 6.74. The molecular weight excluding hydrogens is 496 g/mol. The molecule has 1 amide bonds. The molecule has 4 aromatic rings. The highest BCUT2D eigenvalue weighted by molar-refractivity contribution is 9.10. The number of aromatic nitrogens is 1. The molecule has 0 unspecified atom stereocenters. The van der Waals surface area contributed by atoms with E-state index in [4.69, 9.17) is 9.72 Å². The van der Waals surface area contributed by atoms with E-state index in [1.807, 2.05) is 48.5 Å². The van der Waals surface area contributed by atoms with E-state index >= 15 is 0 Å². The third kappa shape index (κ3) is 5.28. The Balaban J connectivity index is 1.25. The van der Waals surface area contributed by atoms with Crippen molar-refractivity contribution in [3.8, 4) is 16.3 Å². The van der Waals surface area contributed by atoms with Gasteiger partial charge in [0.15, 0.2) is 6.61 Å². The number of nitrogens with one attached hydrogen (secondary N) is 1. The highest BCUT2D eigenvalue weighted by Gasteiger charge is 2.16. The van der Waals surface area contributed by atoms with Crippen molar-refractivity contribution in [3.05, 3.63) is 76.8 Å². The van der Waals surface area contributed by atoms with Gasteiger partial charge in [0, 0.05) is 10.0 Å². The second kappa shape index (κ2) is 10.1. The van der Waals surface area contributed by atoms with Gasteiger partial charge in [0.2, 0.25) is 0 Å². The molecule has 0 bridgehead atoms. The molecule has 0 aliphatic heterocycles. The second-order valence-electron chi connectivity index (χ2n) is 8.42. The van der Waals surface area contributed by atoms with E-state index in [1.54, 1.807) is 11.3 Å². The van der Waals surface area contributed by atoms with E-state index in [9.17, 15) is 4.79 Å². The Labute approximate surface area is 206 Å². The van der Waals surface area contributed by atoms with Crippen LogP contribution in [-0.4, -0.2) is 17.5 Å². The third-order valence-electron chi connectivity index (χ3n) is 6.11. The highest BCUT2D eigenvalue weighted by atomic mass is 79.9. The minimum absolute atomic E-state index is 0.0435. The average molecular weight is 521 g/mol. The van der Waals surface area contributed by atoms with Gasteiger partial charge in [-0.15, -0.1) is 11.3 Å². The first-order valence-corrected chi connectivity index (χ1v) is 12.9. The SMILES string of the molecule is O=C(COc1ccc(C2CCCCC2)cc1)Nc1ccc(Br)cc1-c1nc2ccccc2s1. The fraction of sp³-hybridized carbons (Fsp3) is 0.259. The zero-order valence-corrected chi connectivity index (χ0v) is 20.6. The number of para-hydroxylation sites is 1. The van der Waals surface area contributed by atoms with E-state index in [-0.39, 0.29) is 12.5 Å². The third-order valence-corrected chi connectivity index (χ3v) is 7.67. The zero-order chi connectivity index (χ0) is 22.6. The van der Waals surface area contributed by atoms with Gasteiger partial charge in [-0.2, -0.15) is 0 Å². The summed E-state index contributed by atoms with van der Waals surface area (Å²) in [6, 6.07) is 22.1. The van der Waals surface area contributed by atoms with Gasteiger partial charge >= 0.3 is 0 Å². The molecule has 33 heavy (non-hydrogen) atoms.